The number of furan rings is 1. The van der Waals surface area contributed by atoms with Gasteiger partial charge in [0.1, 0.15) is 29.1 Å². The van der Waals surface area contributed by atoms with Gasteiger partial charge in [0.15, 0.2) is 0 Å². The van der Waals surface area contributed by atoms with E-state index in [0.717, 1.165) is 11.3 Å². The fourth-order valence-electron chi connectivity index (χ4n) is 4.26. The Kier molecular flexibility index (Phi) is 6.13. The van der Waals surface area contributed by atoms with Crippen LogP contribution in [-0.4, -0.2) is 28.3 Å². The second-order valence-electron chi connectivity index (χ2n) is 9.48. The lowest BCUT2D eigenvalue weighted by Gasteiger charge is -2.32. The molecule has 3 aromatic rings. The second-order valence-corrected chi connectivity index (χ2v) is 9.89. The van der Waals surface area contributed by atoms with Gasteiger partial charge >= 0.3 is 0 Å². The van der Waals surface area contributed by atoms with Crippen LogP contribution in [0, 0.1) is 12.3 Å². The Morgan fingerprint density at radius 2 is 1.88 bits per heavy atom. The summed E-state index contributed by atoms with van der Waals surface area (Å²) in [5.74, 6) is 1.42. The lowest BCUT2D eigenvalue weighted by atomic mass is 9.85. The van der Waals surface area contributed by atoms with Crippen molar-refractivity contribution in [2.24, 2.45) is 5.41 Å². The topological polar surface area (TPSA) is 115 Å². The van der Waals surface area contributed by atoms with Gasteiger partial charge < -0.3 is 25.3 Å². The van der Waals surface area contributed by atoms with Crippen molar-refractivity contribution in [3.63, 3.8) is 0 Å². The van der Waals surface area contributed by atoms with E-state index in [1.807, 2.05) is 39.8 Å². The standard InChI is InChI=1S/C24H28ClN3O5/c1-12-5-8-16(33-12)22(24(2,3)4)27-19-18(20(30)21(19)31)26-15-7-6-14(25)13-11-28(9-10-29)23(32)17(13)15/h5-8,22-23,26-27,29,32H,9-11H2,1-4H3/t22-,23?/m0/s1. The minimum atomic E-state index is -0.996. The molecular weight excluding hydrogens is 446 g/mol. The summed E-state index contributed by atoms with van der Waals surface area (Å²) in [4.78, 5) is 26.7. The molecule has 0 fully saturated rings. The number of fused-ring (bicyclic) bond motifs is 1. The fraction of sp³-hybridized carbons (Fsp3) is 0.417. The van der Waals surface area contributed by atoms with Crippen molar-refractivity contribution in [2.45, 2.75) is 46.5 Å². The highest BCUT2D eigenvalue weighted by molar-refractivity contribution is 6.31. The van der Waals surface area contributed by atoms with E-state index >= 15 is 0 Å². The summed E-state index contributed by atoms with van der Waals surface area (Å²) in [6.45, 7) is 8.41. The van der Waals surface area contributed by atoms with E-state index in [-0.39, 0.29) is 36.0 Å². The number of benzene rings is 1. The number of β-amino-alcohol motifs (C(OH)–C–C–N with tert-alkyl or cyclic N) is 1. The molecule has 1 aliphatic rings. The highest BCUT2D eigenvalue weighted by Gasteiger charge is 2.35. The van der Waals surface area contributed by atoms with E-state index in [1.165, 1.54) is 0 Å². The molecular formula is C24H28ClN3O5. The largest absolute Gasteiger partial charge is 0.464 e. The van der Waals surface area contributed by atoms with Crippen LogP contribution in [0.4, 0.5) is 17.1 Å². The first-order chi connectivity index (χ1) is 15.5. The number of hydrogen-bond acceptors (Lipinski definition) is 8. The maximum atomic E-state index is 12.5. The van der Waals surface area contributed by atoms with Crippen molar-refractivity contribution >= 4 is 28.7 Å². The van der Waals surface area contributed by atoms with E-state index < -0.39 is 17.1 Å². The first kappa shape index (κ1) is 23.5. The van der Waals surface area contributed by atoms with Crippen molar-refractivity contribution in [1.29, 1.82) is 0 Å². The van der Waals surface area contributed by atoms with E-state index in [0.29, 0.717) is 28.6 Å². The average molecular weight is 474 g/mol. The van der Waals surface area contributed by atoms with Gasteiger partial charge in [0, 0.05) is 29.4 Å². The Morgan fingerprint density at radius 1 is 1.18 bits per heavy atom. The lowest BCUT2D eigenvalue weighted by Crippen LogP contribution is -2.39. The molecule has 2 heterocycles. The van der Waals surface area contributed by atoms with E-state index in [9.17, 15) is 19.8 Å². The molecule has 4 rings (SSSR count). The molecule has 2 aromatic carbocycles. The maximum absolute atomic E-state index is 12.5. The van der Waals surface area contributed by atoms with Crippen LogP contribution >= 0.6 is 11.6 Å². The summed E-state index contributed by atoms with van der Waals surface area (Å²) >= 11 is 6.34. The Bertz CT molecular complexity index is 1250. The zero-order chi connectivity index (χ0) is 24.1. The molecule has 0 bridgehead atoms. The first-order valence-electron chi connectivity index (χ1n) is 10.8. The van der Waals surface area contributed by atoms with Crippen LogP contribution in [0.15, 0.2) is 38.3 Å². The van der Waals surface area contributed by atoms with E-state index in [2.05, 4.69) is 10.6 Å². The summed E-state index contributed by atoms with van der Waals surface area (Å²) in [6, 6.07) is 6.71. The minimum Gasteiger partial charge on any atom is -0.464 e. The van der Waals surface area contributed by atoms with Crippen molar-refractivity contribution in [3.05, 3.63) is 72.4 Å². The highest BCUT2D eigenvalue weighted by atomic mass is 35.5. The summed E-state index contributed by atoms with van der Waals surface area (Å²) in [5.41, 5.74) is 0.487. The van der Waals surface area contributed by atoms with Gasteiger partial charge in [-0.15, -0.1) is 0 Å². The zero-order valence-electron chi connectivity index (χ0n) is 19.0. The third-order valence-corrected chi connectivity index (χ3v) is 6.38. The van der Waals surface area contributed by atoms with Gasteiger partial charge in [-0.05, 0) is 42.2 Å². The molecule has 0 saturated carbocycles. The molecule has 176 valence electrons. The molecule has 0 radical (unpaired) electrons. The number of hydrogen-bond donors (Lipinski definition) is 4. The van der Waals surface area contributed by atoms with E-state index in [4.69, 9.17) is 16.0 Å². The molecule has 0 saturated heterocycles. The van der Waals surface area contributed by atoms with Crippen molar-refractivity contribution < 1.29 is 14.6 Å². The Hall–Kier alpha value is -2.65. The molecule has 0 aliphatic carbocycles. The number of anilines is 3. The van der Waals surface area contributed by atoms with Crippen LogP contribution in [0.2, 0.25) is 5.02 Å². The molecule has 8 nitrogen and oxygen atoms in total. The molecule has 0 spiro atoms. The van der Waals surface area contributed by atoms with Gasteiger partial charge in [0.25, 0.3) is 10.9 Å². The molecule has 33 heavy (non-hydrogen) atoms. The summed E-state index contributed by atoms with van der Waals surface area (Å²) in [5, 5.41) is 26.8. The summed E-state index contributed by atoms with van der Waals surface area (Å²) in [6.07, 6.45) is -0.996. The second kappa shape index (κ2) is 8.61. The molecule has 4 N–H and O–H groups in total. The molecule has 1 aliphatic heterocycles. The van der Waals surface area contributed by atoms with Crippen LogP contribution in [-0.2, 0) is 6.54 Å². The van der Waals surface area contributed by atoms with Crippen molar-refractivity contribution in [1.82, 2.24) is 4.90 Å². The van der Waals surface area contributed by atoms with Gasteiger partial charge in [-0.1, -0.05) is 32.4 Å². The molecule has 9 heteroatoms. The molecule has 1 aromatic heterocycles. The van der Waals surface area contributed by atoms with Crippen molar-refractivity contribution in [3.8, 4) is 0 Å². The predicted octanol–water partition coefficient (Wildman–Crippen LogP) is 3.58. The maximum Gasteiger partial charge on any atom is 0.253 e. The SMILES string of the molecule is Cc1ccc([C@H](Nc2c(Nc3ccc(Cl)c4c3C(O)N(CCO)C4)c(=O)c2=O)C(C)(C)C)o1. The van der Waals surface area contributed by atoms with Gasteiger partial charge in [-0.3, -0.25) is 14.5 Å². The molecule has 0 amide bonds. The van der Waals surface area contributed by atoms with Crippen LogP contribution in [0.25, 0.3) is 0 Å². The van der Waals surface area contributed by atoms with Crippen LogP contribution in [0.1, 0.15) is 55.7 Å². The number of aryl methyl sites for hydroxylation is 1. The first-order valence-corrected chi connectivity index (χ1v) is 11.2. The number of aliphatic hydroxyl groups excluding tert-OH is 2. The monoisotopic (exact) mass is 473 g/mol. The van der Waals surface area contributed by atoms with Gasteiger partial charge in [-0.25, -0.2) is 0 Å². The third kappa shape index (κ3) is 4.19. The zero-order valence-corrected chi connectivity index (χ0v) is 19.8. The number of halogens is 1. The Morgan fingerprint density at radius 3 is 2.48 bits per heavy atom. The van der Waals surface area contributed by atoms with Gasteiger partial charge in [0.05, 0.1) is 12.6 Å². The quantitative estimate of drug-likeness (QED) is 0.385. The normalized spacial score (nSPS) is 17.4. The predicted molar refractivity (Wildman–Crippen MR) is 128 cm³/mol. The number of aliphatic hydroxyl groups is 2. The van der Waals surface area contributed by atoms with Crippen LogP contribution in [0.3, 0.4) is 0 Å². The van der Waals surface area contributed by atoms with E-state index in [1.54, 1.807) is 17.0 Å². The Labute approximate surface area is 196 Å². The molecule has 2 atom stereocenters. The number of nitrogens with zero attached hydrogens (tertiary/aromatic N) is 1. The summed E-state index contributed by atoms with van der Waals surface area (Å²) < 4.78 is 5.80. The highest BCUT2D eigenvalue weighted by Crippen LogP contribution is 2.42. The third-order valence-electron chi connectivity index (χ3n) is 6.02. The molecule has 1 unspecified atom stereocenters. The van der Waals surface area contributed by atoms with Crippen LogP contribution in [0.5, 0.6) is 0 Å². The fourth-order valence-corrected chi connectivity index (χ4v) is 4.48. The van der Waals surface area contributed by atoms with Gasteiger partial charge in [0.2, 0.25) is 0 Å². The van der Waals surface area contributed by atoms with Crippen molar-refractivity contribution in [2.75, 3.05) is 23.8 Å². The smallest absolute Gasteiger partial charge is 0.253 e. The van der Waals surface area contributed by atoms with Crippen LogP contribution < -0.4 is 21.5 Å². The number of rotatable bonds is 7. The minimum absolute atomic E-state index is 0.113. The average Bonchev–Trinajstić information content (AvgIpc) is 3.32. The number of nitrogens with one attached hydrogen (secondary N) is 2. The van der Waals surface area contributed by atoms with Gasteiger partial charge in [-0.2, -0.15) is 0 Å². The lowest BCUT2D eigenvalue weighted by molar-refractivity contribution is 0.00425. The summed E-state index contributed by atoms with van der Waals surface area (Å²) in [7, 11) is 0. The Balaban J connectivity index is 1.68.